The summed E-state index contributed by atoms with van der Waals surface area (Å²) < 4.78 is 0. The molecule has 0 spiro atoms. The fraction of sp³-hybridized carbons (Fsp3) is 1.00. The van der Waals surface area contributed by atoms with Crippen LogP contribution in [-0.4, -0.2) is 7.38 Å². The summed E-state index contributed by atoms with van der Waals surface area (Å²) in [6.07, 6.45) is 2.56. The van der Waals surface area contributed by atoms with Gasteiger partial charge >= 0.3 is 0 Å². The Bertz CT molecular complexity index is 150. The second-order valence-electron chi connectivity index (χ2n) is 5.18. The lowest BCUT2D eigenvalue weighted by Crippen LogP contribution is -2.39. The SMILES string of the molecule is CCCC[Si](C)(Cl)C(C)(C)C(C)C. The van der Waals surface area contributed by atoms with Gasteiger partial charge in [0.2, 0.25) is 0 Å². The quantitative estimate of drug-likeness (QED) is 0.450. The van der Waals surface area contributed by atoms with Crippen LogP contribution in [0.4, 0.5) is 0 Å². The van der Waals surface area contributed by atoms with Crippen LogP contribution < -0.4 is 0 Å². The predicted octanol–water partition coefficient (Wildman–Crippen LogP) is 5.04. The third-order valence-electron chi connectivity index (χ3n) is 3.79. The van der Waals surface area contributed by atoms with E-state index in [1.165, 1.54) is 18.9 Å². The molecule has 1 unspecified atom stereocenters. The van der Waals surface area contributed by atoms with Crippen molar-refractivity contribution >= 4 is 18.5 Å². The molecular formula is C11H25ClSi. The lowest BCUT2D eigenvalue weighted by Gasteiger charge is -2.41. The molecule has 0 bridgehead atoms. The Kier molecular flexibility index (Phi) is 5.02. The molecule has 0 aromatic heterocycles. The molecule has 0 aromatic rings. The molecule has 80 valence electrons. The summed E-state index contributed by atoms with van der Waals surface area (Å²) in [5.74, 6) is 0.693. The summed E-state index contributed by atoms with van der Waals surface area (Å²) in [7, 11) is -1.54. The van der Waals surface area contributed by atoms with Crippen molar-refractivity contribution in [1.82, 2.24) is 0 Å². The lowest BCUT2D eigenvalue weighted by molar-refractivity contribution is 0.461. The number of unbranched alkanes of at least 4 members (excludes halogenated alkanes) is 1. The van der Waals surface area contributed by atoms with Gasteiger partial charge in [-0.3, -0.25) is 0 Å². The summed E-state index contributed by atoms with van der Waals surface area (Å²) in [5.41, 5.74) is 0. The van der Waals surface area contributed by atoms with Gasteiger partial charge in [-0.25, -0.2) is 0 Å². The molecule has 1 atom stereocenters. The molecule has 0 aromatic carbocycles. The van der Waals surface area contributed by atoms with Crippen molar-refractivity contribution in [2.75, 3.05) is 0 Å². The second-order valence-corrected chi connectivity index (χ2v) is 11.9. The van der Waals surface area contributed by atoms with E-state index in [-0.39, 0.29) is 0 Å². The predicted molar refractivity (Wildman–Crippen MR) is 66.1 cm³/mol. The number of hydrogen-bond donors (Lipinski definition) is 0. The molecule has 0 nitrogen and oxygen atoms in total. The van der Waals surface area contributed by atoms with E-state index in [0.717, 1.165) is 0 Å². The average molecular weight is 221 g/mol. The molecule has 0 amide bonds. The van der Waals surface area contributed by atoms with E-state index in [9.17, 15) is 0 Å². The van der Waals surface area contributed by atoms with E-state index in [1.54, 1.807) is 0 Å². The molecule has 0 saturated heterocycles. The summed E-state index contributed by atoms with van der Waals surface area (Å²) in [6, 6.07) is 1.26. The number of hydrogen-bond acceptors (Lipinski definition) is 0. The van der Waals surface area contributed by atoms with E-state index < -0.39 is 7.38 Å². The van der Waals surface area contributed by atoms with Gasteiger partial charge in [-0.2, -0.15) is 11.1 Å². The monoisotopic (exact) mass is 220 g/mol. The maximum Gasteiger partial charge on any atom is 0.159 e. The first-order valence-corrected chi connectivity index (χ1v) is 9.16. The fourth-order valence-electron chi connectivity index (χ4n) is 1.43. The molecule has 2 heteroatoms. The van der Waals surface area contributed by atoms with Crippen LogP contribution in [0.3, 0.4) is 0 Å². The van der Waals surface area contributed by atoms with Gasteiger partial charge in [-0.05, 0) is 17.0 Å². The van der Waals surface area contributed by atoms with Gasteiger partial charge < -0.3 is 0 Å². The van der Waals surface area contributed by atoms with Crippen LogP contribution in [0.15, 0.2) is 0 Å². The smallest absolute Gasteiger partial charge is 0.159 e. The summed E-state index contributed by atoms with van der Waals surface area (Å²) >= 11 is 6.74. The van der Waals surface area contributed by atoms with Crippen LogP contribution >= 0.6 is 11.1 Å². The lowest BCUT2D eigenvalue weighted by atomic mass is 9.99. The molecule has 0 N–H and O–H groups in total. The summed E-state index contributed by atoms with van der Waals surface area (Å²) in [6.45, 7) is 13.8. The molecular weight excluding hydrogens is 196 g/mol. The summed E-state index contributed by atoms with van der Waals surface area (Å²) in [5, 5.41) is 0.351. The Morgan fingerprint density at radius 1 is 1.31 bits per heavy atom. The average Bonchev–Trinajstić information content (AvgIpc) is 2.00. The third kappa shape index (κ3) is 3.28. The van der Waals surface area contributed by atoms with Gasteiger partial charge in [-0.15, -0.1) is 0 Å². The van der Waals surface area contributed by atoms with Gasteiger partial charge in [0.15, 0.2) is 7.38 Å². The van der Waals surface area contributed by atoms with Gasteiger partial charge in [0.05, 0.1) is 0 Å². The minimum Gasteiger partial charge on any atom is -0.167 e. The Balaban J connectivity index is 4.41. The van der Waals surface area contributed by atoms with E-state index in [0.29, 0.717) is 11.0 Å². The molecule has 0 radical (unpaired) electrons. The van der Waals surface area contributed by atoms with Crippen molar-refractivity contribution in [2.24, 2.45) is 5.92 Å². The van der Waals surface area contributed by atoms with Crippen LogP contribution in [0.5, 0.6) is 0 Å². The number of halogens is 1. The van der Waals surface area contributed by atoms with Crippen molar-refractivity contribution in [3.63, 3.8) is 0 Å². The third-order valence-corrected chi connectivity index (χ3v) is 10.4. The zero-order chi connectivity index (χ0) is 10.7. The Morgan fingerprint density at radius 2 is 1.77 bits per heavy atom. The topological polar surface area (TPSA) is 0 Å². The van der Waals surface area contributed by atoms with Crippen LogP contribution in [0.2, 0.25) is 17.6 Å². The van der Waals surface area contributed by atoms with E-state index >= 15 is 0 Å². The van der Waals surface area contributed by atoms with Gasteiger partial charge in [0, 0.05) is 0 Å². The standard InChI is InChI=1S/C11H25ClSi/c1-7-8-9-13(6,12)11(4,5)10(2)3/h10H,7-9H2,1-6H3. The zero-order valence-electron chi connectivity index (χ0n) is 10.1. The first-order valence-electron chi connectivity index (χ1n) is 5.44. The number of rotatable bonds is 5. The van der Waals surface area contributed by atoms with Crippen molar-refractivity contribution in [3.8, 4) is 0 Å². The first-order chi connectivity index (χ1) is 5.75. The Morgan fingerprint density at radius 3 is 2.08 bits per heavy atom. The van der Waals surface area contributed by atoms with Crippen LogP contribution in [0, 0.1) is 5.92 Å². The minimum atomic E-state index is -1.54. The highest BCUT2D eigenvalue weighted by molar-refractivity contribution is 7.21. The highest BCUT2D eigenvalue weighted by Crippen LogP contribution is 2.48. The van der Waals surface area contributed by atoms with Crippen molar-refractivity contribution in [3.05, 3.63) is 0 Å². The highest BCUT2D eigenvalue weighted by Gasteiger charge is 2.43. The highest BCUT2D eigenvalue weighted by atomic mass is 35.6. The molecule has 0 aliphatic heterocycles. The normalized spacial score (nSPS) is 17.5. The molecule has 0 rings (SSSR count). The molecule has 0 saturated carbocycles. The van der Waals surface area contributed by atoms with Crippen molar-refractivity contribution in [2.45, 2.75) is 65.1 Å². The van der Waals surface area contributed by atoms with Crippen molar-refractivity contribution in [1.29, 1.82) is 0 Å². The van der Waals surface area contributed by atoms with E-state index in [1.807, 2.05) is 0 Å². The van der Waals surface area contributed by atoms with Crippen molar-refractivity contribution < 1.29 is 0 Å². The molecule has 0 heterocycles. The Hall–Kier alpha value is 0.507. The zero-order valence-corrected chi connectivity index (χ0v) is 11.8. The van der Waals surface area contributed by atoms with Gasteiger partial charge in [0.25, 0.3) is 0 Å². The van der Waals surface area contributed by atoms with Gasteiger partial charge in [-0.1, -0.05) is 54.0 Å². The van der Waals surface area contributed by atoms with Gasteiger partial charge in [0.1, 0.15) is 0 Å². The summed E-state index contributed by atoms with van der Waals surface area (Å²) in [4.78, 5) is 0. The maximum absolute atomic E-state index is 6.74. The molecule has 0 aliphatic rings. The first kappa shape index (κ1) is 13.5. The Labute approximate surface area is 89.8 Å². The second kappa shape index (κ2) is 4.84. The van der Waals surface area contributed by atoms with Crippen LogP contribution in [0.1, 0.15) is 47.5 Å². The van der Waals surface area contributed by atoms with E-state index in [2.05, 4.69) is 41.2 Å². The molecule has 13 heavy (non-hydrogen) atoms. The molecule has 0 aliphatic carbocycles. The van der Waals surface area contributed by atoms with E-state index in [4.69, 9.17) is 11.1 Å². The van der Waals surface area contributed by atoms with Crippen LogP contribution in [0.25, 0.3) is 0 Å². The maximum atomic E-state index is 6.74. The fourth-order valence-corrected chi connectivity index (χ4v) is 5.35. The molecule has 0 fully saturated rings. The minimum absolute atomic E-state index is 0.351. The van der Waals surface area contributed by atoms with Crippen LogP contribution in [-0.2, 0) is 0 Å². The largest absolute Gasteiger partial charge is 0.167 e.